The van der Waals surface area contributed by atoms with Gasteiger partial charge in [-0.15, -0.1) is 0 Å². The third-order valence-electron chi connectivity index (χ3n) is 3.53. The van der Waals surface area contributed by atoms with Crippen LogP contribution in [0, 0.1) is 19.8 Å². The summed E-state index contributed by atoms with van der Waals surface area (Å²) in [6.07, 6.45) is 0.930. The molecule has 0 aliphatic carbocycles. The zero-order chi connectivity index (χ0) is 14.9. The topological polar surface area (TPSA) is 43.8 Å². The van der Waals surface area contributed by atoms with Crippen LogP contribution in [0.25, 0.3) is 5.69 Å². The highest BCUT2D eigenvalue weighted by Crippen LogP contribution is 2.27. The van der Waals surface area contributed by atoms with Crippen LogP contribution in [-0.2, 0) is 6.42 Å². The van der Waals surface area contributed by atoms with Crippen molar-refractivity contribution in [3.05, 3.63) is 45.2 Å². The fourth-order valence-electron chi connectivity index (χ4n) is 2.29. The minimum Gasteiger partial charge on any atom is -0.330 e. The van der Waals surface area contributed by atoms with Gasteiger partial charge < -0.3 is 5.73 Å². The lowest BCUT2D eigenvalue weighted by Crippen LogP contribution is -2.14. The molecule has 20 heavy (non-hydrogen) atoms. The molecule has 5 heteroatoms. The summed E-state index contributed by atoms with van der Waals surface area (Å²) in [5.41, 5.74) is 9.94. The van der Waals surface area contributed by atoms with Gasteiger partial charge in [-0.2, -0.15) is 5.10 Å². The average Bonchev–Trinajstić information content (AvgIpc) is 2.66. The van der Waals surface area contributed by atoms with Crippen LogP contribution in [-0.4, -0.2) is 16.3 Å². The predicted molar refractivity (Wildman–Crippen MR) is 85.0 cm³/mol. The van der Waals surface area contributed by atoms with Crippen molar-refractivity contribution in [1.82, 2.24) is 9.78 Å². The maximum atomic E-state index is 6.27. The summed E-state index contributed by atoms with van der Waals surface area (Å²) in [6.45, 7) is 6.90. The molecule has 2 rings (SSSR count). The summed E-state index contributed by atoms with van der Waals surface area (Å²) in [5, 5.41) is 5.83. The number of halogens is 2. The fourth-order valence-corrected chi connectivity index (χ4v) is 2.78. The highest BCUT2D eigenvalue weighted by molar-refractivity contribution is 6.35. The first-order valence-electron chi connectivity index (χ1n) is 6.64. The van der Waals surface area contributed by atoms with E-state index < -0.39 is 0 Å². The molecule has 0 amide bonds. The minimum absolute atomic E-state index is 0.436. The van der Waals surface area contributed by atoms with Gasteiger partial charge in [0.1, 0.15) is 0 Å². The van der Waals surface area contributed by atoms with Crippen LogP contribution in [0.2, 0.25) is 10.0 Å². The van der Waals surface area contributed by atoms with Crippen molar-refractivity contribution in [3.63, 3.8) is 0 Å². The van der Waals surface area contributed by atoms with Crippen molar-refractivity contribution in [2.45, 2.75) is 27.2 Å². The molecule has 0 aliphatic rings. The number of nitrogens with two attached hydrogens (primary N) is 1. The summed E-state index contributed by atoms with van der Waals surface area (Å²) >= 11 is 12.2. The lowest BCUT2D eigenvalue weighted by atomic mass is 10.00. The van der Waals surface area contributed by atoms with Gasteiger partial charge in [0.05, 0.1) is 16.4 Å². The molecule has 0 aliphatic heterocycles. The lowest BCUT2D eigenvalue weighted by Gasteiger charge is -2.10. The van der Waals surface area contributed by atoms with E-state index >= 15 is 0 Å². The van der Waals surface area contributed by atoms with Gasteiger partial charge in [0.15, 0.2) is 0 Å². The van der Waals surface area contributed by atoms with E-state index in [9.17, 15) is 0 Å². The maximum Gasteiger partial charge on any atom is 0.0836 e. The molecule has 0 spiro atoms. The second kappa shape index (κ2) is 6.17. The Bertz CT molecular complexity index is 620. The van der Waals surface area contributed by atoms with Crippen molar-refractivity contribution >= 4 is 23.2 Å². The molecule has 0 saturated heterocycles. The van der Waals surface area contributed by atoms with Gasteiger partial charge in [-0.05, 0) is 56.5 Å². The Hall–Kier alpha value is -1.03. The van der Waals surface area contributed by atoms with Gasteiger partial charge in [-0.25, -0.2) is 4.68 Å². The predicted octanol–water partition coefficient (Wildman–Crippen LogP) is 3.93. The van der Waals surface area contributed by atoms with E-state index in [1.165, 1.54) is 5.56 Å². The SMILES string of the molecule is Cc1nn(-c2ccc(Cl)cc2Cl)c(C)c1CC(C)CN. The van der Waals surface area contributed by atoms with Crippen LogP contribution in [0.4, 0.5) is 0 Å². The second-order valence-electron chi connectivity index (χ2n) is 5.20. The largest absolute Gasteiger partial charge is 0.330 e. The zero-order valence-corrected chi connectivity index (χ0v) is 13.5. The molecular weight excluding hydrogens is 293 g/mol. The molecule has 0 bridgehead atoms. The number of benzene rings is 1. The van der Waals surface area contributed by atoms with E-state index in [4.69, 9.17) is 28.9 Å². The Morgan fingerprint density at radius 1 is 1.30 bits per heavy atom. The molecule has 2 N–H and O–H groups in total. The molecule has 108 valence electrons. The molecule has 2 aromatic rings. The van der Waals surface area contributed by atoms with Gasteiger partial charge in [0, 0.05) is 10.7 Å². The number of aryl methyl sites for hydroxylation is 1. The van der Waals surface area contributed by atoms with Gasteiger partial charge in [0.25, 0.3) is 0 Å². The quantitative estimate of drug-likeness (QED) is 0.929. The summed E-state index contributed by atoms with van der Waals surface area (Å²) < 4.78 is 1.88. The normalized spacial score (nSPS) is 12.7. The van der Waals surface area contributed by atoms with Gasteiger partial charge in [-0.3, -0.25) is 0 Å². The first-order valence-corrected chi connectivity index (χ1v) is 7.40. The van der Waals surface area contributed by atoms with Gasteiger partial charge in [0.2, 0.25) is 0 Å². The zero-order valence-electron chi connectivity index (χ0n) is 12.0. The van der Waals surface area contributed by atoms with Crippen molar-refractivity contribution < 1.29 is 0 Å². The van der Waals surface area contributed by atoms with Crippen LogP contribution in [0.5, 0.6) is 0 Å². The monoisotopic (exact) mass is 311 g/mol. The van der Waals surface area contributed by atoms with Crippen molar-refractivity contribution in [2.75, 3.05) is 6.54 Å². The molecule has 0 radical (unpaired) electrons. The van der Waals surface area contributed by atoms with E-state index in [-0.39, 0.29) is 0 Å². The third-order valence-corrected chi connectivity index (χ3v) is 4.07. The maximum absolute atomic E-state index is 6.27. The molecule has 0 saturated carbocycles. The van der Waals surface area contributed by atoms with Crippen molar-refractivity contribution in [1.29, 1.82) is 0 Å². The molecule has 1 heterocycles. The number of aromatic nitrogens is 2. The minimum atomic E-state index is 0.436. The van der Waals surface area contributed by atoms with Crippen molar-refractivity contribution in [3.8, 4) is 5.69 Å². The lowest BCUT2D eigenvalue weighted by molar-refractivity contribution is 0.589. The van der Waals surface area contributed by atoms with E-state index in [1.807, 2.05) is 23.7 Å². The number of hydrogen-bond acceptors (Lipinski definition) is 2. The first-order chi connectivity index (χ1) is 9.43. The number of rotatable bonds is 4. The van der Waals surface area contributed by atoms with E-state index in [0.717, 1.165) is 23.5 Å². The van der Waals surface area contributed by atoms with Gasteiger partial charge >= 0.3 is 0 Å². The van der Waals surface area contributed by atoms with Crippen LogP contribution in [0.3, 0.4) is 0 Å². The number of nitrogens with zero attached hydrogens (tertiary/aromatic N) is 2. The molecular formula is C15H19Cl2N3. The third kappa shape index (κ3) is 3.00. The standard InChI is InChI=1S/C15H19Cl2N3/c1-9(8-18)6-13-10(2)19-20(11(13)3)15-5-4-12(16)7-14(15)17/h4-5,7,9H,6,8,18H2,1-3H3. The van der Waals surface area contributed by atoms with Crippen LogP contribution >= 0.6 is 23.2 Å². The van der Waals surface area contributed by atoms with E-state index in [0.29, 0.717) is 22.5 Å². The first kappa shape index (κ1) is 15.4. The summed E-state index contributed by atoms with van der Waals surface area (Å²) in [7, 11) is 0. The smallest absolute Gasteiger partial charge is 0.0836 e. The Morgan fingerprint density at radius 3 is 2.60 bits per heavy atom. The summed E-state index contributed by atoms with van der Waals surface area (Å²) in [6, 6.07) is 5.44. The average molecular weight is 312 g/mol. The Kier molecular flexibility index (Phi) is 4.74. The molecule has 3 nitrogen and oxygen atoms in total. The molecule has 1 aromatic heterocycles. The van der Waals surface area contributed by atoms with E-state index in [1.54, 1.807) is 6.07 Å². The van der Waals surface area contributed by atoms with Crippen LogP contribution < -0.4 is 5.73 Å². The van der Waals surface area contributed by atoms with Crippen LogP contribution in [0.1, 0.15) is 23.9 Å². The Balaban J connectivity index is 2.46. The Morgan fingerprint density at radius 2 is 2.00 bits per heavy atom. The molecule has 1 atom stereocenters. The van der Waals surface area contributed by atoms with Crippen molar-refractivity contribution in [2.24, 2.45) is 11.7 Å². The Labute approximate surface area is 129 Å². The summed E-state index contributed by atoms with van der Waals surface area (Å²) in [4.78, 5) is 0. The highest BCUT2D eigenvalue weighted by atomic mass is 35.5. The van der Waals surface area contributed by atoms with Crippen LogP contribution in [0.15, 0.2) is 18.2 Å². The highest BCUT2D eigenvalue weighted by Gasteiger charge is 2.16. The summed E-state index contributed by atoms with van der Waals surface area (Å²) in [5.74, 6) is 0.436. The molecule has 0 fully saturated rings. The molecule has 1 unspecified atom stereocenters. The molecule has 1 aromatic carbocycles. The number of hydrogen-bond donors (Lipinski definition) is 1. The second-order valence-corrected chi connectivity index (χ2v) is 6.05. The fraction of sp³-hybridized carbons (Fsp3) is 0.400. The van der Waals surface area contributed by atoms with E-state index in [2.05, 4.69) is 18.9 Å². The van der Waals surface area contributed by atoms with Gasteiger partial charge in [-0.1, -0.05) is 30.1 Å².